The van der Waals surface area contributed by atoms with Crippen LogP contribution >= 0.6 is 0 Å². The number of aryl methyl sites for hydroxylation is 1. The average Bonchev–Trinajstić information content (AvgIpc) is 2.79. The first-order valence-corrected chi connectivity index (χ1v) is 7.51. The van der Waals surface area contributed by atoms with Crippen LogP contribution in [-0.4, -0.2) is 24.7 Å². The summed E-state index contributed by atoms with van der Waals surface area (Å²) in [7, 11) is -3.53. The first-order chi connectivity index (χ1) is 8.43. The Bertz CT molecular complexity index is 545. The molecule has 0 spiro atoms. The van der Waals surface area contributed by atoms with E-state index in [2.05, 4.69) is 0 Å². The van der Waals surface area contributed by atoms with Crippen molar-refractivity contribution in [2.24, 2.45) is 5.92 Å². The average molecular weight is 268 g/mol. The number of hydrogen-bond donors (Lipinski definition) is 1. The minimum atomic E-state index is -3.53. The Morgan fingerprint density at radius 3 is 2.39 bits per heavy atom. The lowest BCUT2D eigenvalue weighted by atomic mass is 10.1. The summed E-state index contributed by atoms with van der Waals surface area (Å²) in [6.07, 6.45) is 1.55. The van der Waals surface area contributed by atoms with Gasteiger partial charge < -0.3 is 5.11 Å². The van der Waals surface area contributed by atoms with Gasteiger partial charge in [-0.3, -0.25) is 4.79 Å². The standard InChI is InChI=1S/C13H16O4S/c1-9-5-7-10(8-6-9)18(16,17)12-4-2-3-11(12)13(14)15/h5-8,11-12H,2-4H2,1H3,(H,14,15). The Morgan fingerprint density at radius 1 is 1.22 bits per heavy atom. The predicted molar refractivity (Wildman–Crippen MR) is 67.1 cm³/mol. The lowest BCUT2D eigenvalue weighted by molar-refractivity contribution is -0.141. The molecule has 0 amide bonds. The highest BCUT2D eigenvalue weighted by molar-refractivity contribution is 7.92. The summed E-state index contributed by atoms with van der Waals surface area (Å²) in [5.74, 6) is -1.77. The zero-order chi connectivity index (χ0) is 13.3. The van der Waals surface area contributed by atoms with Gasteiger partial charge in [0.15, 0.2) is 9.84 Å². The third-order valence-corrected chi connectivity index (χ3v) is 5.81. The van der Waals surface area contributed by atoms with Gasteiger partial charge in [0.25, 0.3) is 0 Å². The van der Waals surface area contributed by atoms with Crippen molar-refractivity contribution < 1.29 is 18.3 Å². The Morgan fingerprint density at radius 2 is 1.83 bits per heavy atom. The van der Waals surface area contributed by atoms with Gasteiger partial charge in [-0.15, -0.1) is 0 Å². The van der Waals surface area contributed by atoms with E-state index in [1.807, 2.05) is 6.92 Å². The summed E-state index contributed by atoms with van der Waals surface area (Å²) in [5, 5.41) is 8.29. The van der Waals surface area contributed by atoms with E-state index in [0.717, 1.165) is 5.56 Å². The highest BCUT2D eigenvalue weighted by Crippen LogP contribution is 2.34. The molecular formula is C13H16O4S. The molecule has 0 saturated heterocycles. The second kappa shape index (κ2) is 4.72. The molecule has 0 bridgehead atoms. The molecule has 1 fully saturated rings. The van der Waals surface area contributed by atoms with Crippen LogP contribution in [0.2, 0.25) is 0 Å². The number of rotatable bonds is 3. The minimum absolute atomic E-state index is 0.228. The fourth-order valence-electron chi connectivity index (χ4n) is 2.48. The van der Waals surface area contributed by atoms with Crippen LogP contribution in [0.1, 0.15) is 24.8 Å². The molecule has 4 nitrogen and oxygen atoms in total. The van der Waals surface area contributed by atoms with Gasteiger partial charge in [0.05, 0.1) is 16.1 Å². The van der Waals surface area contributed by atoms with Crippen LogP contribution < -0.4 is 0 Å². The highest BCUT2D eigenvalue weighted by Gasteiger charge is 2.42. The molecule has 0 aliphatic heterocycles. The second-order valence-electron chi connectivity index (χ2n) is 4.77. The van der Waals surface area contributed by atoms with Crippen LogP contribution in [0.15, 0.2) is 29.2 Å². The number of sulfone groups is 1. The van der Waals surface area contributed by atoms with E-state index in [1.165, 1.54) is 0 Å². The van der Waals surface area contributed by atoms with Crippen LogP contribution in [0.25, 0.3) is 0 Å². The van der Waals surface area contributed by atoms with E-state index >= 15 is 0 Å². The summed E-state index contributed by atoms with van der Waals surface area (Å²) in [5.41, 5.74) is 0.982. The molecule has 1 aromatic carbocycles. The van der Waals surface area contributed by atoms with Crippen LogP contribution in [-0.2, 0) is 14.6 Å². The molecule has 1 N–H and O–H groups in total. The molecule has 0 heterocycles. The maximum absolute atomic E-state index is 12.4. The van der Waals surface area contributed by atoms with Crippen LogP contribution in [0.4, 0.5) is 0 Å². The van der Waals surface area contributed by atoms with E-state index in [1.54, 1.807) is 24.3 Å². The Balaban J connectivity index is 2.36. The fourth-order valence-corrected chi connectivity index (χ4v) is 4.51. The number of carbonyl (C=O) groups is 1. The normalized spacial score (nSPS) is 24.1. The Labute approximate surface area is 107 Å². The number of aliphatic carboxylic acids is 1. The summed E-state index contributed by atoms with van der Waals surface area (Å²) in [6.45, 7) is 1.88. The number of carboxylic acids is 1. The quantitative estimate of drug-likeness (QED) is 0.910. The van der Waals surface area contributed by atoms with Gasteiger partial charge in [0.2, 0.25) is 0 Å². The maximum atomic E-state index is 12.4. The summed E-state index contributed by atoms with van der Waals surface area (Å²) < 4.78 is 24.8. The molecule has 1 aliphatic rings. The SMILES string of the molecule is Cc1ccc(S(=O)(=O)C2CCCC2C(=O)O)cc1. The topological polar surface area (TPSA) is 71.4 Å². The van der Waals surface area contributed by atoms with Gasteiger partial charge in [0.1, 0.15) is 0 Å². The first-order valence-electron chi connectivity index (χ1n) is 5.96. The van der Waals surface area contributed by atoms with Crippen LogP contribution in [0.3, 0.4) is 0 Å². The van der Waals surface area contributed by atoms with E-state index in [0.29, 0.717) is 19.3 Å². The van der Waals surface area contributed by atoms with Crippen molar-refractivity contribution in [3.05, 3.63) is 29.8 Å². The molecule has 1 aliphatic carbocycles. The van der Waals surface area contributed by atoms with Crippen molar-refractivity contribution >= 4 is 15.8 Å². The lowest BCUT2D eigenvalue weighted by Crippen LogP contribution is -2.30. The number of carboxylic acid groups (broad SMARTS) is 1. The summed E-state index contributed by atoms with van der Waals surface area (Å²) in [4.78, 5) is 11.3. The molecule has 5 heteroatoms. The molecule has 18 heavy (non-hydrogen) atoms. The number of benzene rings is 1. The smallest absolute Gasteiger partial charge is 0.307 e. The van der Waals surface area contributed by atoms with E-state index in [-0.39, 0.29) is 4.90 Å². The van der Waals surface area contributed by atoms with Gasteiger partial charge in [-0.2, -0.15) is 0 Å². The van der Waals surface area contributed by atoms with Crippen molar-refractivity contribution in [1.82, 2.24) is 0 Å². The van der Waals surface area contributed by atoms with Gasteiger partial charge >= 0.3 is 5.97 Å². The third kappa shape index (κ3) is 2.27. The minimum Gasteiger partial charge on any atom is -0.481 e. The van der Waals surface area contributed by atoms with Crippen LogP contribution in [0.5, 0.6) is 0 Å². The lowest BCUT2D eigenvalue weighted by Gasteiger charge is -2.16. The van der Waals surface area contributed by atoms with E-state index in [4.69, 9.17) is 5.11 Å². The molecule has 2 rings (SSSR count). The summed E-state index contributed by atoms with van der Waals surface area (Å²) >= 11 is 0. The van der Waals surface area contributed by atoms with Gasteiger partial charge in [0, 0.05) is 0 Å². The molecular weight excluding hydrogens is 252 g/mol. The Hall–Kier alpha value is -1.36. The van der Waals surface area contributed by atoms with Gasteiger partial charge in [-0.05, 0) is 31.9 Å². The zero-order valence-electron chi connectivity index (χ0n) is 10.2. The molecule has 1 saturated carbocycles. The first kappa shape index (κ1) is 13.1. The van der Waals surface area contributed by atoms with Crippen LogP contribution in [0, 0.1) is 12.8 Å². The molecule has 2 unspecified atom stereocenters. The van der Waals surface area contributed by atoms with E-state index < -0.39 is 27.0 Å². The fraction of sp³-hybridized carbons (Fsp3) is 0.462. The van der Waals surface area contributed by atoms with E-state index in [9.17, 15) is 13.2 Å². The van der Waals surface area contributed by atoms with Crippen molar-refractivity contribution in [1.29, 1.82) is 0 Å². The Kier molecular flexibility index (Phi) is 3.43. The van der Waals surface area contributed by atoms with Gasteiger partial charge in [-0.25, -0.2) is 8.42 Å². The monoisotopic (exact) mass is 268 g/mol. The van der Waals surface area contributed by atoms with Gasteiger partial charge in [-0.1, -0.05) is 24.1 Å². The third-order valence-electron chi connectivity index (χ3n) is 3.52. The largest absolute Gasteiger partial charge is 0.481 e. The molecule has 0 radical (unpaired) electrons. The molecule has 0 aromatic heterocycles. The summed E-state index contributed by atoms with van der Waals surface area (Å²) in [6, 6.07) is 6.58. The zero-order valence-corrected chi connectivity index (χ0v) is 11.0. The van der Waals surface area contributed by atoms with Crippen molar-refractivity contribution in [2.45, 2.75) is 36.3 Å². The maximum Gasteiger partial charge on any atom is 0.307 e. The van der Waals surface area contributed by atoms with Crippen molar-refractivity contribution in [3.8, 4) is 0 Å². The number of hydrogen-bond acceptors (Lipinski definition) is 3. The van der Waals surface area contributed by atoms with Crippen molar-refractivity contribution in [3.63, 3.8) is 0 Å². The highest BCUT2D eigenvalue weighted by atomic mass is 32.2. The molecule has 2 atom stereocenters. The predicted octanol–water partition coefficient (Wildman–Crippen LogP) is 2.02. The molecule has 98 valence electrons. The second-order valence-corrected chi connectivity index (χ2v) is 6.94. The van der Waals surface area contributed by atoms with Crippen molar-refractivity contribution in [2.75, 3.05) is 0 Å². The molecule has 1 aromatic rings.